The van der Waals surface area contributed by atoms with Crippen LogP contribution in [0.25, 0.3) is 0 Å². The molecule has 1 N–H and O–H groups in total. The number of methoxy groups -OCH3 is 1. The lowest BCUT2D eigenvalue weighted by Gasteiger charge is -2.18. The van der Waals surface area contributed by atoms with E-state index >= 15 is 0 Å². The van der Waals surface area contributed by atoms with Gasteiger partial charge in [0.25, 0.3) is 0 Å². The third-order valence-electron chi connectivity index (χ3n) is 3.33. The van der Waals surface area contributed by atoms with Crippen molar-refractivity contribution in [1.29, 1.82) is 0 Å². The maximum Gasteiger partial charge on any atom is 0.125 e. The van der Waals surface area contributed by atoms with Crippen LogP contribution in [0, 0.1) is 0 Å². The van der Waals surface area contributed by atoms with Crippen LogP contribution in [-0.4, -0.2) is 38.1 Å². The van der Waals surface area contributed by atoms with Crippen LogP contribution in [0.5, 0.6) is 5.75 Å². The van der Waals surface area contributed by atoms with Crippen LogP contribution in [0.4, 0.5) is 0 Å². The average molecular weight is 266 g/mol. The second-order valence-corrected chi connectivity index (χ2v) is 4.77. The number of benzene rings is 1. The summed E-state index contributed by atoms with van der Waals surface area (Å²) in [6.07, 6.45) is 2.38. The smallest absolute Gasteiger partial charge is 0.125 e. The summed E-state index contributed by atoms with van der Waals surface area (Å²) in [4.78, 5) is 0. The fourth-order valence-electron chi connectivity index (χ4n) is 2.33. The van der Waals surface area contributed by atoms with Crippen LogP contribution in [-0.2, 0) is 9.47 Å². The van der Waals surface area contributed by atoms with Gasteiger partial charge in [-0.1, -0.05) is 18.2 Å². The number of aliphatic hydroxyl groups is 1. The molecule has 0 spiro atoms. The SMILES string of the molecule is COCCOc1ccccc1C(O)CC1CCCO1. The largest absolute Gasteiger partial charge is 0.491 e. The van der Waals surface area contributed by atoms with E-state index in [-0.39, 0.29) is 6.10 Å². The van der Waals surface area contributed by atoms with Gasteiger partial charge in [0.15, 0.2) is 0 Å². The van der Waals surface area contributed by atoms with Crippen molar-refractivity contribution < 1.29 is 19.3 Å². The van der Waals surface area contributed by atoms with Gasteiger partial charge in [0.2, 0.25) is 0 Å². The number of hydrogen-bond donors (Lipinski definition) is 1. The number of aliphatic hydroxyl groups excluding tert-OH is 1. The van der Waals surface area contributed by atoms with E-state index in [1.165, 1.54) is 0 Å². The molecule has 106 valence electrons. The highest BCUT2D eigenvalue weighted by Crippen LogP contribution is 2.30. The normalized spacial score (nSPS) is 20.4. The lowest BCUT2D eigenvalue weighted by Crippen LogP contribution is -2.13. The van der Waals surface area contributed by atoms with Gasteiger partial charge in [-0.25, -0.2) is 0 Å². The van der Waals surface area contributed by atoms with Crippen LogP contribution >= 0.6 is 0 Å². The van der Waals surface area contributed by atoms with Crippen molar-refractivity contribution in [2.45, 2.75) is 31.5 Å². The minimum absolute atomic E-state index is 0.169. The van der Waals surface area contributed by atoms with Gasteiger partial charge in [0.05, 0.1) is 18.8 Å². The molecule has 0 saturated carbocycles. The summed E-state index contributed by atoms with van der Waals surface area (Å²) < 4.78 is 16.2. The Morgan fingerprint density at radius 1 is 1.37 bits per heavy atom. The highest BCUT2D eigenvalue weighted by molar-refractivity contribution is 5.35. The first-order valence-electron chi connectivity index (χ1n) is 6.81. The fraction of sp³-hybridized carbons (Fsp3) is 0.600. The summed E-state index contributed by atoms with van der Waals surface area (Å²) in [7, 11) is 1.64. The van der Waals surface area contributed by atoms with Crippen molar-refractivity contribution in [2.24, 2.45) is 0 Å². The average Bonchev–Trinajstić information content (AvgIpc) is 2.92. The van der Waals surface area contributed by atoms with Crippen molar-refractivity contribution in [3.05, 3.63) is 29.8 Å². The maximum atomic E-state index is 10.3. The topological polar surface area (TPSA) is 47.9 Å². The molecule has 1 fully saturated rings. The van der Waals surface area contributed by atoms with E-state index in [2.05, 4.69) is 0 Å². The van der Waals surface area contributed by atoms with Crippen molar-refractivity contribution in [3.8, 4) is 5.75 Å². The van der Waals surface area contributed by atoms with Gasteiger partial charge in [-0.15, -0.1) is 0 Å². The van der Waals surface area contributed by atoms with Crippen LogP contribution in [0.2, 0.25) is 0 Å². The Morgan fingerprint density at radius 2 is 2.21 bits per heavy atom. The zero-order valence-electron chi connectivity index (χ0n) is 11.4. The number of hydrogen-bond acceptors (Lipinski definition) is 4. The Morgan fingerprint density at radius 3 is 2.95 bits per heavy atom. The van der Waals surface area contributed by atoms with E-state index in [9.17, 15) is 5.11 Å². The lowest BCUT2D eigenvalue weighted by atomic mass is 10.0. The molecule has 1 saturated heterocycles. The standard InChI is InChI=1S/C15H22O4/c1-17-9-10-19-15-7-3-2-6-13(15)14(16)11-12-5-4-8-18-12/h2-3,6-7,12,14,16H,4-5,8-11H2,1H3. The van der Waals surface area contributed by atoms with E-state index in [0.717, 1.165) is 30.8 Å². The highest BCUT2D eigenvalue weighted by atomic mass is 16.5. The van der Waals surface area contributed by atoms with Gasteiger partial charge in [0, 0.05) is 25.7 Å². The molecule has 2 rings (SSSR count). The Hall–Kier alpha value is -1.10. The molecule has 1 aliphatic rings. The predicted octanol–water partition coefficient (Wildman–Crippen LogP) is 2.31. The molecule has 0 radical (unpaired) electrons. The molecule has 4 heteroatoms. The highest BCUT2D eigenvalue weighted by Gasteiger charge is 2.22. The first kappa shape index (κ1) is 14.3. The Kier molecular flexibility index (Phi) is 5.63. The molecule has 0 amide bonds. The number of para-hydroxylation sites is 1. The Labute approximate surface area is 114 Å². The molecule has 4 nitrogen and oxygen atoms in total. The zero-order valence-corrected chi connectivity index (χ0v) is 11.4. The predicted molar refractivity (Wildman–Crippen MR) is 72.4 cm³/mol. The van der Waals surface area contributed by atoms with Crippen molar-refractivity contribution in [3.63, 3.8) is 0 Å². The quantitative estimate of drug-likeness (QED) is 0.769. The van der Waals surface area contributed by atoms with Crippen molar-refractivity contribution in [1.82, 2.24) is 0 Å². The van der Waals surface area contributed by atoms with Crippen molar-refractivity contribution in [2.75, 3.05) is 26.9 Å². The van der Waals surface area contributed by atoms with E-state index in [4.69, 9.17) is 14.2 Å². The van der Waals surface area contributed by atoms with Gasteiger partial charge < -0.3 is 19.3 Å². The van der Waals surface area contributed by atoms with Crippen LogP contribution in [0.3, 0.4) is 0 Å². The van der Waals surface area contributed by atoms with E-state index < -0.39 is 6.10 Å². The number of rotatable bonds is 7. The minimum Gasteiger partial charge on any atom is -0.491 e. The van der Waals surface area contributed by atoms with E-state index in [1.54, 1.807) is 7.11 Å². The first-order valence-corrected chi connectivity index (χ1v) is 6.81. The molecule has 0 bridgehead atoms. The molecule has 0 aliphatic carbocycles. The van der Waals surface area contributed by atoms with Crippen molar-refractivity contribution >= 4 is 0 Å². The number of ether oxygens (including phenoxy) is 3. The van der Waals surface area contributed by atoms with Crippen LogP contribution in [0.1, 0.15) is 30.9 Å². The summed E-state index contributed by atoms with van der Waals surface area (Å²) in [6.45, 7) is 1.83. The molecular formula is C15H22O4. The second kappa shape index (κ2) is 7.48. The molecule has 2 unspecified atom stereocenters. The third-order valence-corrected chi connectivity index (χ3v) is 3.33. The van der Waals surface area contributed by atoms with E-state index in [0.29, 0.717) is 19.6 Å². The second-order valence-electron chi connectivity index (χ2n) is 4.77. The van der Waals surface area contributed by atoms with Gasteiger partial charge in [-0.05, 0) is 18.9 Å². The maximum absolute atomic E-state index is 10.3. The third kappa shape index (κ3) is 4.20. The lowest BCUT2D eigenvalue weighted by molar-refractivity contribution is 0.0519. The molecule has 1 heterocycles. The summed E-state index contributed by atoms with van der Waals surface area (Å²) in [5.41, 5.74) is 0.828. The first-order chi connectivity index (χ1) is 9.31. The fourth-order valence-corrected chi connectivity index (χ4v) is 2.33. The molecule has 19 heavy (non-hydrogen) atoms. The van der Waals surface area contributed by atoms with Crippen LogP contribution in [0.15, 0.2) is 24.3 Å². The summed E-state index contributed by atoms with van der Waals surface area (Å²) in [5, 5.41) is 10.3. The van der Waals surface area contributed by atoms with Gasteiger partial charge >= 0.3 is 0 Å². The summed E-state index contributed by atoms with van der Waals surface area (Å²) >= 11 is 0. The van der Waals surface area contributed by atoms with Gasteiger partial charge in [-0.3, -0.25) is 0 Å². The zero-order chi connectivity index (χ0) is 13.5. The minimum atomic E-state index is -0.540. The molecule has 1 aromatic carbocycles. The molecule has 0 aromatic heterocycles. The molecule has 2 atom stereocenters. The van der Waals surface area contributed by atoms with Gasteiger partial charge in [-0.2, -0.15) is 0 Å². The summed E-state index contributed by atoms with van der Waals surface area (Å²) in [6, 6.07) is 7.60. The molecule has 1 aliphatic heterocycles. The molecular weight excluding hydrogens is 244 g/mol. The molecule has 1 aromatic rings. The Bertz CT molecular complexity index is 374. The summed E-state index contributed by atoms with van der Waals surface area (Å²) in [5.74, 6) is 0.727. The monoisotopic (exact) mass is 266 g/mol. The van der Waals surface area contributed by atoms with Gasteiger partial charge in [0.1, 0.15) is 12.4 Å². The van der Waals surface area contributed by atoms with E-state index in [1.807, 2.05) is 24.3 Å². The van der Waals surface area contributed by atoms with Crippen LogP contribution < -0.4 is 4.74 Å². The Balaban J connectivity index is 1.96.